The minimum atomic E-state index is -0.926. The van der Waals surface area contributed by atoms with E-state index >= 15 is 0 Å². The van der Waals surface area contributed by atoms with Gasteiger partial charge < -0.3 is 20.5 Å². The summed E-state index contributed by atoms with van der Waals surface area (Å²) in [4.78, 5) is 25.7. The molecule has 3 rings (SSSR count). The molecular weight excluding hydrogens is 356 g/mol. The van der Waals surface area contributed by atoms with Crippen LogP contribution in [0.25, 0.3) is 0 Å². The van der Waals surface area contributed by atoms with Crippen molar-refractivity contribution in [3.8, 4) is 0 Å². The van der Waals surface area contributed by atoms with Crippen LogP contribution in [-0.4, -0.2) is 47.6 Å². The molecule has 1 atom stereocenters. The fourth-order valence-corrected chi connectivity index (χ4v) is 4.30. The van der Waals surface area contributed by atoms with Gasteiger partial charge in [0.1, 0.15) is 0 Å². The number of carboxylic acid groups (broad SMARTS) is 1. The fraction of sp³-hybridized carbons (Fsp3) is 0.636. The predicted octanol–water partition coefficient (Wildman–Crippen LogP) is 3.05. The van der Waals surface area contributed by atoms with Crippen molar-refractivity contribution in [1.29, 1.82) is 0 Å². The van der Waals surface area contributed by atoms with E-state index in [9.17, 15) is 14.7 Å². The molecule has 0 saturated heterocycles. The van der Waals surface area contributed by atoms with E-state index in [0.29, 0.717) is 36.3 Å². The Kier molecular flexibility index (Phi) is 7.08. The third-order valence-corrected chi connectivity index (χ3v) is 6.51. The largest absolute Gasteiger partial charge is 0.478 e. The molecule has 0 aromatic heterocycles. The summed E-state index contributed by atoms with van der Waals surface area (Å²) in [5, 5.41) is 9.23. The number of carboxylic acids is 1. The van der Waals surface area contributed by atoms with Gasteiger partial charge in [0.15, 0.2) is 0 Å². The number of amides is 1. The van der Waals surface area contributed by atoms with Crippen LogP contribution in [0.4, 0.5) is 0 Å². The molecule has 154 valence electrons. The van der Waals surface area contributed by atoms with Crippen LogP contribution in [0.1, 0.15) is 60.9 Å². The summed E-state index contributed by atoms with van der Waals surface area (Å²) in [5.74, 6) is -0.140. The molecule has 0 radical (unpaired) electrons. The van der Waals surface area contributed by atoms with Crippen molar-refractivity contribution in [2.45, 2.75) is 63.6 Å². The van der Waals surface area contributed by atoms with Gasteiger partial charge in [0.25, 0.3) is 0 Å². The van der Waals surface area contributed by atoms with Crippen LogP contribution < -0.4 is 5.73 Å². The zero-order chi connectivity index (χ0) is 20.1. The highest BCUT2D eigenvalue weighted by Crippen LogP contribution is 2.32. The van der Waals surface area contributed by atoms with Crippen molar-refractivity contribution in [1.82, 2.24) is 4.90 Å². The summed E-state index contributed by atoms with van der Waals surface area (Å²) in [6.45, 7) is 0.929. The first-order valence-corrected chi connectivity index (χ1v) is 10.4. The molecule has 3 N–H and O–H groups in total. The monoisotopic (exact) mass is 388 g/mol. The highest BCUT2D eigenvalue weighted by Gasteiger charge is 2.34. The van der Waals surface area contributed by atoms with Gasteiger partial charge in [0.05, 0.1) is 18.2 Å². The third-order valence-electron chi connectivity index (χ3n) is 6.51. The molecule has 28 heavy (non-hydrogen) atoms. The van der Waals surface area contributed by atoms with Gasteiger partial charge in [0.2, 0.25) is 5.91 Å². The molecule has 1 aromatic carbocycles. The lowest BCUT2D eigenvalue weighted by Crippen LogP contribution is -2.52. The minimum absolute atomic E-state index is 0.0923. The van der Waals surface area contributed by atoms with Gasteiger partial charge in [0, 0.05) is 19.7 Å². The first kappa shape index (κ1) is 20.8. The second kappa shape index (κ2) is 9.52. The lowest BCUT2D eigenvalue weighted by Gasteiger charge is -2.38. The second-order valence-electron chi connectivity index (χ2n) is 8.32. The predicted molar refractivity (Wildman–Crippen MR) is 107 cm³/mol. The molecule has 0 unspecified atom stereocenters. The standard InChI is InChI=1S/C22H32N2O4/c1-24(18-6-4-7-18)21(25)20(23)16-11-9-15(10-12-16)13-28-14-17-5-2-3-8-19(17)22(26)27/h2-3,5,8,15-16,18,20H,4,6-7,9-14,23H2,1H3,(H,26,27)/t15?,16?,20-/m0/s1. The van der Waals surface area contributed by atoms with Crippen LogP contribution in [0.3, 0.4) is 0 Å². The maximum absolute atomic E-state index is 12.6. The number of rotatable bonds is 8. The summed E-state index contributed by atoms with van der Waals surface area (Å²) in [6, 6.07) is 6.94. The molecule has 2 aliphatic carbocycles. The van der Waals surface area contributed by atoms with E-state index in [1.165, 1.54) is 6.42 Å². The number of ether oxygens (including phenoxy) is 1. The molecule has 6 nitrogen and oxygen atoms in total. The molecule has 1 amide bonds. The first-order valence-electron chi connectivity index (χ1n) is 10.4. The van der Waals surface area contributed by atoms with Crippen LogP contribution in [0, 0.1) is 11.8 Å². The Morgan fingerprint density at radius 1 is 1.18 bits per heavy atom. The Hall–Kier alpha value is -1.92. The van der Waals surface area contributed by atoms with Crippen molar-refractivity contribution >= 4 is 11.9 Å². The van der Waals surface area contributed by atoms with Crippen molar-refractivity contribution in [2.24, 2.45) is 17.6 Å². The number of carbonyl (C=O) groups is 2. The Labute approximate surface area is 167 Å². The van der Waals surface area contributed by atoms with Gasteiger partial charge in [-0.1, -0.05) is 18.2 Å². The lowest BCUT2D eigenvalue weighted by molar-refractivity contribution is -0.136. The normalized spacial score (nSPS) is 23.6. The molecule has 0 spiro atoms. The SMILES string of the molecule is CN(C(=O)[C@@H](N)C1CCC(COCc2ccccc2C(=O)O)CC1)C1CCC1. The van der Waals surface area contributed by atoms with Crippen molar-refractivity contribution in [2.75, 3.05) is 13.7 Å². The van der Waals surface area contributed by atoms with Crippen molar-refractivity contribution in [3.63, 3.8) is 0 Å². The summed E-state index contributed by atoms with van der Waals surface area (Å²) in [7, 11) is 1.89. The van der Waals surface area contributed by atoms with E-state index in [1.54, 1.807) is 18.2 Å². The van der Waals surface area contributed by atoms with Crippen LogP contribution in [-0.2, 0) is 16.1 Å². The molecule has 2 aliphatic rings. The minimum Gasteiger partial charge on any atom is -0.478 e. The average molecular weight is 389 g/mol. The Balaban J connectivity index is 1.40. The summed E-state index contributed by atoms with van der Waals surface area (Å²) in [6.07, 6.45) is 7.31. The molecule has 0 aliphatic heterocycles. The van der Waals surface area contributed by atoms with Gasteiger partial charge >= 0.3 is 5.97 Å². The summed E-state index contributed by atoms with van der Waals surface area (Å²) >= 11 is 0. The van der Waals surface area contributed by atoms with E-state index in [1.807, 2.05) is 18.0 Å². The van der Waals surface area contributed by atoms with E-state index in [2.05, 4.69) is 0 Å². The van der Waals surface area contributed by atoms with E-state index in [4.69, 9.17) is 10.5 Å². The zero-order valence-electron chi connectivity index (χ0n) is 16.7. The fourth-order valence-electron chi connectivity index (χ4n) is 4.30. The topological polar surface area (TPSA) is 92.9 Å². The quantitative estimate of drug-likeness (QED) is 0.714. The van der Waals surface area contributed by atoms with Crippen LogP contribution in [0.2, 0.25) is 0 Å². The van der Waals surface area contributed by atoms with E-state index in [-0.39, 0.29) is 11.8 Å². The Morgan fingerprint density at radius 2 is 1.86 bits per heavy atom. The third kappa shape index (κ3) is 4.92. The molecule has 1 aromatic rings. The molecule has 2 fully saturated rings. The summed E-state index contributed by atoms with van der Waals surface area (Å²) < 4.78 is 5.82. The number of likely N-dealkylation sites (N-methyl/N-ethyl adjacent to an activating group) is 1. The molecule has 6 heteroatoms. The number of benzene rings is 1. The van der Waals surface area contributed by atoms with Crippen LogP contribution in [0.15, 0.2) is 24.3 Å². The first-order chi connectivity index (χ1) is 13.5. The van der Waals surface area contributed by atoms with Gasteiger partial charge in [-0.3, -0.25) is 4.79 Å². The van der Waals surface area contributed by atoms with Crippen molar-refractivity contribution < 1.29 is 19.4 Å². The van der Waals surface area contributed by atoms with E-state index in [0.717, 1.165) is 38.5 Å². The van der Waals surface area contributed by atoms with Crippen LogP contribution >= 0.6 is 0 Å². The molecular formula is C22H32N2O4. The number of aromatic carboxylic acids is 1. The number of hydrogen-bond acceptors (Lipinski definition) is 4. The summed E-state index contributed by atoms with van der Waals surface area (Å²) in [5.41, 5.74) is 7.30. The van der Waals surface area contributed by atoms with Gasteiger partial charge in [-0.2, -0.15) is 0 Å². The highest BCUT2D eigenvalue weighted by molar-refractivity contribution is 5.89. The van der Waals surface area contributed by atoms with Crippen LogP contribution in [0.5, 0.6) is 0 Å². The lowest BCUT2D eigenvalue weighted by atomic mass is 9.78. The van der Waals surface area contributed by atoms with Gasteiger partial charge in [-0.25, -0.2) is 4.79 Å². The number of hydrogen-bond donors (Lipinski definition) is 2. The molecule has 2 saturated carbocycles. The zero-order valence-corrected chi connectivity index (χ0v) is 16.7. The van der Waals surface area contributed by atoms with Gasteiger partial charge in [-0.05, 0) is 68.4 Å². The highest BCUT2D eigenvalue weighted by atomic mass is 16.5. The Morgan fingerprint density at radius 3 is 2.46 bits per heavy atom. The second-order valence-corrected chi connectivity index (χ2v) is 8.32. The van der Waals surface area contributed by atoms with Gasteiger partial charge in [-0.15, -0.1) is 0 Å². The molecule has 0 bridgehead atoms. The van der Waals surface area contributed by atoms with Crippen molar-refractivity contribution in [3.05, 3.63) is 35.4 Å². The number of carbonyl (C=O) groups excluding carboxylic acids is 1. The molecule has 0 heterocycles. The number of nitrogens with two attached hydrogens (primary N) is 1. The Bertz CT molecular complexity index is 681. The maximum atomic E-state index is 12.6. The number of nitrogens with zero attached hydrogens (tertiary/aromatic N) is 1. The maximum Gasteiger partial charge on any atom is 0.336 e. The smallest absolute Gasteiger partial charge is 0.336 e. The average Bonchev–Trinajstić information content (AvgIpc) is 2.66. The van der Waals surface area contributed by atoms with E-state index < -0.39 is 12.0 Å².